The molecule has 2 aliphatic heterocycles. The fraction of sp³-hybridized carbons (Fsp3) is 0.290. The lowest BCUT2D eigenvalue weighted by Gasteiger charge is -2.29. The Morgan fingerprint density at radius 3 is 2.45 bits per heavy atom. The van der Waals surface area contributed by atoms with Crippen LogP contribution in [0.2, 0.25) is 0 Å². The first kappa shape index (κ1) is 27.5. The Balaban J connectivity index is 1.34. The number of hydrogen-bond donors (Lipinski definition) is 2. The molecule has 3 heterocycles. The zero-order valence-electron chi connectivity index (χ0n) is 23.4. The van der Waals surface area contributed by atoms with E-state index in [1.165, 1.54) is 6.07 Å². The highest BCUT2D eigenvalue weighted by Crippen LogP contribution is 2.44. The maximum atomic E-state index is 14.3. The number of methoxy groups -OCH3 is 2. The molecule has 0 saturated carbocycles. The van der Waals surface area contributed by atoms with E-state index >= 15 is 0 Å². The van der Waals surface area contributed by atoms with Gasteiger partial charge in [0.15, 0.2) is 11.6 Å². The van der Waals surface area contributed by atoms with Gasteiger partial charge in [-0.15, -0.1) is 0 Å². The Labute approximate surface area is 242 Å². The largest absolute Gasteiger partial charge is 0.497 e. The Kier molecular flexibility index (Phi) is 7.66. The second-order valence-electron chi connectivity index (χ2n) is 10.2. The number of nitrogens with two attached hydrogens (primary N) is 1. The van der Waals surface area contributed by atoms with Crippen LogP contribution in [0, 0.1) is 11.6 Å². The summed E-state index contributed by atoms with van der Waals surface area (Å²) >= 11 is 0. The molecule has 9 nitrogen and oxygen atoms in total. The first-order chi connectivity index (χ1) is 20.4. The van der Waals surface area contributed by atoms with Crippen molar-refractivity contribution in [2.45, 2.75) is 12.5 Å². The predicted octanol–water partition coefficient (Wildman–Crippen LogP) is 5.09. The van der Waals surface area contributed by atoms with Gasteiger partial charge in [-0.3, -0.25) is 0 Å². The summed E-state index contributed by atoms with van der Waals surface area (Å²) in [5, 5.41) is 3.27. The molecular weight excluding hydrogens is 542 g/mol. The summed E-state index contributed by atoms with van der Waals surface area (Å²) in [6.45, 7) is 3.97. The van der Waals surface area contributed by atoms with E-state index in [0.717, 1.165) is 36.2 Å². The Morgan fingerprint density at radius 1 is 0.952 bits per heavy atom. The van der Waals surface area contributed by atoms with E-state index in [-0.39, 0.29) is 11.7 Å². The smallest absolute Gasteiger partial charge is 0.231 e. The molecule has 1 unspecified atom stereocenters. The third kappa shape index (κ3) is 5.47. The molecule has 1 fully saturated rings. The second-order valence-corrected chi connectivity index (χ2v) is 10.2. The third-order valence-corrected chi connectivity index (χ3v) is 7.69. The van der Waals surface area contributed by atoms with Crippen molar-refractivity contribution in [3.05, 3.63) is 89.0 Å². The summed E-state index contributed by atoms with van der Waals surface area (Å²) in [7, 11) is 3.24. The van der Waals surface area contributed by atoms with Crippen LogP contribution in [-0.4, -0.2) is 57.0 Å². The van der Waals surface area contributed by atoms with Gasteiger partial charge in [0.1, 0.15) is 23.1 Å². The molecule has 4 aromatic rings. The lowest BCUT2D eigenvalue weighted by atomic mass is 9.94. The zero-order valence-corrected chi connectivity index (χ0v) is 23.4. The number of aromatic nitrogens is 2. The molecule has 3 aromatic carbocycles. The Hall–Kier alpha value is -4.64. The summed E-state index contributed by atoms with van der Waals surface area (Å²) in [5.41, 5.74) is 10.6. The molecule has 218 valence electrons. The summed E-state index contributed by atoms with van der Waals surface area (Å²) in [6.07, 6.45) is 0. The van der Waals surface area contributed by atoms with E-state index in [1.54, 1.807) is 20.3 Å². The minimum absolute atomic E-state index is 0.262. The van der Waals surface area contributed by atoms with Gasteiger partial charge in [-0.05, 0) is 47.5 Å². The fourth-order valence-corrected chi connectivity index (χ4v) is 5.52. The molecule has 0 bridgehead atoms. The number of nitrogens with one attached hydrogen (secondary N) is 1. The minimum Gasteiger partial charge on any atom is -0.497 e. The van der Waals surface area contributed by atoms with Crippen LogP contribution in [0.25, 0.3) is 0 Å². The van der Waals surface area contributed by atoms with Crippen molar-refractivity contribution in [2.24, 2.45) is 0 Å². The molecule has 11 heteroatoms. The first-order valence-electron chi connectivity index (χ1n) is 13.7. The highest BCUT2D eigenvalue weighted by molar-refractivity contribution is 5.72. The summed E-state index contributed by atoms with van der Waals surface area (Å²) in [6, 6.07) is 17.6. The number of morpholine rings is 1. The van der Waals surface area contributed by atoms with Crippen LogP contribution in [0.3, 0.4) is 0 Å². The molecule has 42 heavy (non-hydrogen) atoms. The van der Waals surface area contributed by atoms with E-state index in [4.69, 9.17) is 24.9 Å². The number of anilines is 5. The number of rotatable bonds is 8. The van der Waals surface area contributed by atoms with E-state index in [0.29, 0.717) is 60.6 Å². The molecule has 3 N–H and O–H groups in total. The topological polar surface area (TPSA) is 98.0 Å². The monoisotopic (exact) mass is 574 g/mol. The average molecular weight is 575 g/mol. The zero-order chi connectivity index (χ0) is 29.2. The van der Waals surface area contributed by atoms with Crippen LogP contribution in [0.15, 0.2) is 60.7 Å². The van der Waals surface area contributed by atoms with Crippen LogP contribution >= 0.6 is 0 Å². The first-order valence-corrected chi connectivity index (χ1v) is 13.7. The Morgan fingerprint density at radius 2 is 1.74 bits per heavy atom. The molecule has 6 rings (SSSR count). The van der Waals surface area contributed by atoms with Gasteiger partial charge in [0.25, 0.3) is 0 Å². The molecule has 2 aliphatic rings. The van der Waals surface area contributed by atoms with E-state index < -0.39 is 11.6 Å². The van der Waals surface area contributed by atoms with Gasteiger partial charge in [-0.25, -0.2) is 8.78 Å². The molecule has 1 aromatic heterocycles. The van der Waals surface area contributed by atoms with Gasteiger partial charge in [0.05, 0.1) is 33.1 Å². The molecule has 0 aliphatic carbocycles. The number of hydrogen-bond acceptors (Lipinski definition) is 9. The van der Waals surface area contributed by atoms with Gasteiger partial charge in [-0.2, -0.15) is 9.97 Å². The van der Waals surface area contributed by atoms with Crippen LogP contribution < -0.4 is 30.3 Å². The van der Waals surface area contributed by atoms with E-state index in [1.807, 2.05) is 42.5 Å². The van der Waals surface area contributed by atoms with Gasteiger partial charge in [0, 0.05) is 49.4 Å². The van der Waals surface area contributed by atoms with Crippen molar-refractivity contribution in [1.29, 1.82) is 0 Å². The SMILES string of the molecule is COc1ccc(CN2CC(c3ccc(F)c(F)c3)c3c(N)nc(Nc4ccc(N5CCOCC5)cc4OC)nc32)cc1. The average Bonchev–Trinajstić information content (AvgIpc) is 3.38. The van der Waals surface area contributed by atoms with Gasteiger partial charge in [0.2, 0.25) is 5.95 Å². The Bertz CT molecular complexity index is 1580. The number of nitrogen functional groups attached to an aromatic ring is 1. The number of nitrogens with zero attached hydrogens (tertiary/aromatic N) is 4. The summed E-state index contributed by atoms with van der Waals surface area (Å²) in [4.78, 5) is 13.8. The van der Waals surface area contributed by atoms with Crippen molar-refractivity contribution in [1.82, 2.24) is 9.97 Å². The van der Waals surface area contributed by atoms with Gasteiger partial charge < -0.3 is 35.1 Å². The van der Waals surface area contributed by atoms with Crippen LogP contribution in [0.1, 0.15) is 22.6 Å². The molecular formula is C31H32F2N6O3. The fourth-order valence-electron chi connectivity index (χ4n) is 5.52. The van der Waals surface area contributed by atoms with Gasteiger partial charge >= 0.3 is 0 Å². The highest BCUT2D eigenvalue weighted by atomic mass is 19.2. The van der Waals surface area contributed by atoms with Crippen molar-refractivity contribution in [3.63, 3.8) is 0 Å². The van der Waals surface area contributed by atoms with Crippen molar-refractivity contribution >= 4 is 29.0 Å². The predicted molar refractivity (Wildman–Crippen MR) is 158 cm³/mol. The minimum atomic E-state index is -0.909. The highest BCUT2D eigenvalue weighted by Gasteiger charge is 2.35. The second kappa shape index (κ2) is 11.7. The molecule has 0 radical (unpaired) electrons. The maximum Gasteiger partial charge on any atom is 0.231 e. The number of fused-ring (bicyclic) bond motifs is 1. The number of benzene rings is 3. The summed E-state index contributed by atoms with van der Waals surface area (Å²) < 4.78 is 44.5. The standard InChI is InChI=1S/C31H32F2N6O3/c1-40-22-7-3-19(4-8-22)17-39-18-23(20-5-9-24(32)25(33)15-20)28-29(34)36-31(37-30(28)39)35-26-10-6-21(16-27(26)41-2)38-11-13-42-14-12-38/h3-10,15-16,23H,11-14,17-18H2,1-2H3,(H3,34,35,36,37). The molecule has 1 saturated heterocycles. The van der Waals surface area contributed by atoms with Gasteiger partial charge in [-0.1, -0.05) is 18.2 Å². The lowest BCUT2D eigenvalue weighted by molar-refractivity contribution is 0.122. The van der Waals surface area contributed by atoms with Crippen LogP contribution in [0.5, 0.6) is 11.5 Å². The normalized spacial score (nSPS) is 16.3. The van der Waals surface area contributed by atoms with Crippen LogP contribution in [-0.2, 0) is 11.3 Å². The number of halogens is 2. The van der Waals surface area contributed by atoms with Crippen molar-refractivity contribution in [3.8, 4) is 11.5 Å². The van der Waals surface area contributed by atoms with E-state index in [2.05, 4.69) is 20.1 Å². The van der Waals surface area contributed by atoms with Crippen molar-refractivity contribution < 1.29 is 23.0 Å². The number of ether oxygens (including phenoxy) is 3. The lowest BCUT2D eigenvalue weighted by Crippen LogP contribution is -2.36. The van der Waals surface area contributed by atoms with Crippen LogP contribution in [0.4, 0.5) is 37.7 Å². The quantitative estimate of drug-likeness (QED) is 0.298. The molecule has 0 amide bonds. The van der Waals surface area contributed by atoms with Crippen molar-refractivity contribution in [2.75, 3.05) is 67.9 Å². The molecule has 0 spiro atoms. The van der Waals surface area contributed by atoms with E-state index in [9.17, 15) is 8.78 Å². The maximum absolute atomic E-state index is 14.3. The summed E-state index contributed by atoms with van der Waals surface area (Å²) in [5.74, 6) is 0.428. The third-order valence-electron chi connectivity index (χ3n) is 7.69. The molecule has 1 atom stereocenters.